The summed E-state index contributed by atoms with van der Waals surface area (Å²) in [4.78, 5) is 13.0. The second-order valence-electron chi connectivity index (χ2n) is 6.48. The van der Waals surface area contributed by atoms with Gasteiger partial charge in [-0.3, -0.25) is 0 Å². The van der Waals surface area contributed by atoms with Gasteiger partial charge in [0.1, 0.15) is 11.5 Å². The molecule has 1 heterocycles. The lowest BCUT2D eigenvalue weighted by Crippen LogP contribution is -2.03. The summed E-state index contributed by atoms with van der Waals surface area (Å²) in [6.07, 6.45) is 0. The maximum absolute atomic E-state index is 9.88. The van der Waals surface area contributed by atoms with Crippen molar-refractivity contribution in [3.63, 3.8) is 0 Å². The average molecular weight is 413 g/mol. The minimum Gasteiger partial charge on any atom is -0.508 e. The van der Waals surface area contributed by atoms with Gasteiger partial charge in [0.2, 0.25) is 11.9 Å². The first kappa shape index (κ1) is 19.8. The molecular weight excluding hydrogens is 394 g/mol. The molecule has 0 radical (unpaired) electrons. The van der Waals surface area contributed by atoms with Crippen molar-refractivity contribution in [3.05, 3.63) is 84.4 Å². The van der Waals surface area contributed by atoms with Crippen molar-refractivity contribution in [2.45, 2.75) is 6.54 Å². The Hall–Kier alpha value is -4.53. The van der Waals surface area contributed by atoms with Crippen LogP contribution in [0.4, 0.5) is 29.2 Å². The van der Waals surface area contributed by atoms with E-state index in [1.54, 1.807) is 6.07 Å². The molecule has 0 saturated heterocycles. The predicted octanol–water partition coefficient (Wildman–Crippen LogP) is 5.05. The second kappa shape index (κ2) is 9.31. The topological polar surface area (TPSA) is 128 Å². The molecule has 0 amide bonds. The number of aromatic hydroxyl groups is 2. The standard InChI is InChI=1S/C22H19N7O2/c30-18-12-11-15(19(31)13-18)14-23-29-22-27-20(24-16-7-3-1-4-8-16)26-21(28-22)25-17-9-5-2-6-10-17/h1-13,30-31H,14H2,(H2,24,25,26,27,28). The van der Waals surface area contributed by atoms with Crippen molar-refractivity contribution in [1.29, 1.82) is 0 Å². The molecule has 31 heavy (non-hydrogen) atoms. The largest absolute Gasteiger partial charge is 0.508 e. The van der Waals surface area contributed by atoms with E-state index in [1.165, 1.54) is 12.1 Å². The van der Waals surface area contributed by atoms with E-state index >= 15 is 0 Å². The molecular formula is C22H19N7O2. The number of azo groups is 1. The molecule has 9 heteroatoms. The number of anilines is 4. The van der Waals surface area contributed by atoms with E-state index in [0.29, 0.717) is 17.5 Å². The molecule has 0 bridgehead atoms. The monoisotopic (exact) mass is 413 g/mol. The summed E-state index contributed by atoms with van der Waals surface area (Å²) in [6, 6.07) is 23.3. The maximum atomic E-state index is 9.88. The van der Waals surface area contributed by atoms with Gasteiger partial charge in [-0.2, -0.15) is 20.1 Å². The van der Waals surface area contributed by atoms with Crippen molar-refractivity contribution < 1.29 is 10.2 Å². The number of aromatic nitrogens is 3. The minimum absolute atomic E-state index is 0.0242. The number of nitrogens with one attached hydrogen (secondary N) is 2. The Bertz CT molecular complexity index is 1130. The van der Waals surface area contributed by atoms with Gasteiger partial charge in [-0.1, -0.05) is 36.4 Å². The third-order valence-electron chi connectivity index (χ3n) is 4.15. The third kappa shape index (κ3) is 5.51. The Morgan fingerprint density at radius 1 is 0.710 bits per heavy atom. The van der Waals surface area contributed by atoms with Gasteiger partial charge in [0, 0.05) is 23.0 Å². The van der Waals surface area contributed by atoms with Gasteiger partial charge in [-0.05, 0) is 36.4 Å². The normalized spacial score (nSPS) is 10.8. The van der Waals surface area contributed by atoms with Crippen molar-refractivity contribution in [3.8, 4) is 11.5 Å². The quantitative estimate of drug-likeness (QED) is 0.312. The molecule has 154 valence electrons. The lowest BCUT2D eigenvalue weighted by molar-refractivity contribution is 0.446. The zero-order valence-electron chi connectivity index (χ0n) is 16.3. The molecule has 4 N–H and O–H groups in total. The fourth-order valence-electron chi connectivity index (χ4n) is 2.68. The highest BCUT2D eigenvalue weighted by Crippen LogP contribution is 2.24. The van der Waals surface area contributed by atoms with Crippen LogP contribution in [0.1, 0.15) is 5.56 Å². The van der Waals surface area contributed by atoms with Crippen LogP contribution in [-0.2, 0) is 6.54 Å². The minimum atomic E-state index is -0.0625. The molecule has 1 aromatic heterocycles. The van der Waals surface area contributed by atoms with Crippen LogP contribution in [0.25, 0.3) is 0 Å². The molecule has 3 aromatic carbocycles. The van der Waals surface area contributed by atoms with E-state index in [2.05, 4.69) is 35.8 Å². The van der Waals surface area contributed by atoms with Crippen molar-refractivity contribution in [1.82, 2.24) is 15.0 Å². The SMILES string of the molecule is Oc1ccc(CN=Nc2nc(Nc3ccccc3)nc(Nc3ccccc3)n2)c(O)c1. The first-order valence-electron chi connectivity index (χ1n) is 9.44. The van der Waals surface area contributed by atoms with Gasteiger partial charge in [0.15, 0.2) is 0 Å². The van der Waals surface area contributed by atoms with Gasteiger partial charge in [-0.25, -0.2) is 0 Å². The smallest absolute Gasteiger partial charge is 0.275 e. The van der Waals surface area contributed by atoms with Gasteiger partial charge in [-0.15, -0.1) is 5.11 Å². The highest BCUT2D eigenvalue weighted by molar-refractivity contribution is 5.58. The van der Waals surface area contributed by atoms with E-state index in [1.807, 2.05) is 60.7 Å². The summed E-state index contributed by atoms with van der Waals surface area (Å²) >= 11 is 0. The van der Waals surface area contributed by atoms with Crippen LogP contribution in [0.2, 0.25) is 0 Å². The fraction of sp³-hybridized carbons (Fsp3) is 0.0455. The van der Waals surface area contributed by atoms with E-state index in [9.17, 15) is 10.2 Å². The second-order valence-corrected chi connectivity index (χ2v) is 6.48. The van der Waals surface area contributed by atoms with Crippen LogP contribution in [-0.4, -0.2) is 25.2 Å². The number of hydrogen-bond acceptors (Lipinski definition) is 9. The fourth-order valence-corrected chi connectivity index (χ4v) is 2.68. The summed E-state index contributed by atoms with van der Waals surface area (Å²) < 4.78 is 0. The Morgan fingerprint density at radius 2 is 1.29 bits per heavy atom. The Balaban J connectivity index is 1.58. The molecule has 0 spiro atoms. The average Bonchev–Trinajstić information content (AvgIpc) is 2.77. The van der Waals surface area contributed by atoms with Crippen molar-refractivity contribution in [2.75, 3.05) is 10.6 Å². The van der Waals surface area contributed by atoms with Crippen LogP contribution in [0.15, 0.2) is 89.1 Å². The van der Waals surface area contributed by atoms with Gasteiger partial charge in [0.25, 0.3) is 5.95 Å². The molecule has 4 aromatic rings. The zero-order chi connectivity index (χ0) is 21.5. The first-order chi connectivity index (χ1) is 15.2. The van der Waals surface area contributed by atoms with E-state index in [-0.39, 0.29) is 24.0 Å². The summed E-state index contributed by atoms with van der Waals surface area (Å²) in [5, 5.41) is 33.7. The number of rotatable bonds is 7. The summed E-state index contributed by atoms with van der Waals surface area (Å²) in [7, 11) is 0. The van der Waals surface area contributed by atoms with Crippen LogP contribution >= 0.6 is 0 Å². The molecule has 0 unspecified atom stereocenters. The Kier molecular flexibility index (Phi) is 5.94. The van der Waals surface area contributed by atoms with E-state index < -0.39 is 0 Å². The maximum Gasteiger partial charge on any atom is 0.275 e. The molecule has 4 rings (SSSR count). The van der Waals surface area contributed by atoms with Crippen LogP contribution in [0, 0.1) is 0 Å². The highest BCUT2D eigenvalue weighted by atomic mass is 16.3. The van der Waals surface area contributed by atoms with Crippen LogP contribution in [0.5, 0.6) is 11.5 Å². The third-order valence-corrected chi connectivity index (χ3v) is 4.15. The zero-order valence-corrected chi connectivity index (χ0v) is 16.3. The van der Waals surface area contributed by atoms with Crippen LogP contribution < -0.4 is 10.6 Å². The Labute approximate surface area is 178 Å². The summed E-state index contributed by atoms with van der Waals surface area (Å²) in [5.74, 6) is 0.628. The van der Waals surface area contributed by atoms with Gasteiger partial charge < -0.3 is 20.8 Å². The van der Waals surface area contributed by atoms with E-state index in [4.69, 9.17) is 0 Å². The molecule has 0 atom stereocenters. The van der Waals surface area contributed by atoms with Gasteiger partial charge in [0.05, 0.1) is 6.54 Å². The number of phenols is 2. The van der Waals surface area contributed by atoms with Crippen molar-refractivity contribution >= 4 is 29.2 Å². The van der Waals surface area contributed by atoms with E-state index in [0.717, 1.165) is 11.4 Å². The molecule has 9 nitrogen and oxygen atoms in total. The molecule has 0 saturated carbocycles. The first-order valence-corrected chi connectivity index (χ1v) is 9.44. The number of nitrogens with zero attached hydrogens (tertiary/aromatic N) is 5. The van der Waals surface area contributed by atoms with Crippen molar-refractivity contribution in [2.24, 2.45) is 10.2 Å². The Morgan fingerprint density at radius 3 is 1.84 bits per heavy atom. The van der Waals surface area contributed by atoms with Gasteiger partial charge >= 0.3 is 0 Å². The summed E-state index contributed by atoms with van der Waals surface area (Å²) in [5.41, 5.74) is 2.15. The molecule has 0 aliphatic rings. The lowest BCUT2D eigenvalue weighted by Gasteiger charge is -2.08. The number of hydrogen-bond donors (Lipinski definition) is 4. The number of phenolic OH excluding ortho intramolecular Hbond substituents is 2. The molecule has 0 fully saturated rings. The molecule has 0 aliphatic heterocycles. The summed E-state index contributed by atoms with van der Waals surface area (Å²) in [6.45, 7) is 0.0979. The number of benzene rings is 3. The molecule has 0 aliphatic carbocycles. The lowest BCUT2D eigenvalue weighted by atomic mass is 10.2. The predicted molar refractivity (Wildman–Crippen MR) is 117 cm³/mol. The van der Waals surface area contributed by atoms with Crippen LogP contribution in [0.3, 0.4) is 0 Å². The number of para-hydroxylation sites is 2. The highest BCUT2D eigenvalue weighted by Gasteiger charge is 2.08.